The third-order valence-corrected chi connectivity index (χ3v) is 4.56. The topological polar surface area (TPSA) is 92.5 Å². The minimum absolute atomic E-state index is 0.443. The highest BCUT2D eigenvalue weighted by atomic mass is 32.2. The molecular weight excluding hydrogens is 290 g/mol. The number of hydrogen-bond donors (Lipinski definition) is 2. The number of amides is 1. The summed E-state index contributed by atoms with van der Waals surface area (Å²) in [6.45, 7) is 3.98. The van der Waals surface area contributed by atoms with Gasteiger partial charge in [0, 0.05) is 25.2 Å². The predicted molar refractivity (Wildman–Crippen MR) is 83.4 cm³/mol. The summed E-state index contributed by atoms with van der Waals surface area (Å²) in [6.07, 6.45) is 1.92. The zero-order valence-corrected chi connectivity index (χ0v) is 13.3. The van der Waals surface area contributed by atoms with E-state index in [9.17, 15) is 13.2 Å². The molecule has 0 saturated carbocycles. The summed E-state index contributed by atoms with van der Waals surface area (Å²) in [5.41, 5.74) is 6.67. The molecule has 21 heavy (non-hydrogen) atoms. The van der Waals surface area contributed by atoms with E-state index in [1.54, 1.807) is 12.1 Å². The molecule has 0 radical (unpaired) electrons. The summed E-state index contributed by atoms with van der Waals surface area (Å²) in [6, 6.07) is 7.17. The van der Waals surface area contributed by atoms with Crippen LogP contribution in [0.25, 0.3) is 0 Å². The number of nitrogens with zero attached hydrogens (tertiary/aromatic N) is 1. The summed E-state index contributed by atoms with van der Waals surface area (Å²) in [7, 11) is -3.13. The van der Waals surface area contributed by atoms with E-state index in [1.807, 2.05) is 19.1 Å². The molecule has 1 rings (SSSR count). The minimum atomic E-state index is -3.13. The first-order chi connectivity index (χ1) is 9.86. The third-order valence-electron chi connectivity index (χ3n) is 3.18. The first-order valence-electron chi connectivity index (χ1n) is 6.89. The quantitative estimate of drug-likeness (QED) is 0.651. The van der Waals surface area contributed by atoms with E-state index in [-0.39, 0.29) is 0 Å². The van der Waals surface area contributed by atoms with Crippen molar-refractivity contribution in [2.24, 2.45) is 5.73 Å². The van der Waals surface area contributed by atoms with Gasteiger partial charge in [-0.3, -0.25) is 4.79 Å². The molecule has 0 aliphatic rings. The maximum absolute atomic E-state index is 11.4. The number of benzene rings is 1. The van der Waals surface area contributed by atoms with Crippen molar-refractivity contribution >= 4 is 15.9 Å². The average Bonchev–Trinajstić information content (AvgIpc) is 2.41. The molecule has 0 spiro atoms. The van der Waals surface area contributed by atoms with Gasteiger partial charge in [-0.1, -0.05) is 25.1 Å². The first-order valence-corrected chi connectivity index (χ1v) is 8.74. The second-order valence-corrected chi connectivity index (χ2v) is 6.79. The van der Waals surface area contributed by atoms with E-state index in [1.165, 1.54) is 10.6 Å². The lowest BCUT2D eigenvalue weighted by atomic mass is 10.1. The Morgan fingerprint density at radius 1 is 1.33 bits per heavy atom. The second-order valence-electron chi connectivity index (χ2n) is 4.81. The van der Waals surface area contributed by atoms with Crippen LogP contribution in [0.3, 0.4) is 0 Å². The molecule has 0 bridgehead atoms. The molecule has 0 heterocycles. The number of sulfonamides is 1. The number of carbonyl (C=O) groups excluding carboxylic acids is 1. The number of rotatable bonds is 9. The van der Waals surface area contributed by atoms with Gasteiger partial charge in [0.15, 0.2) is 0 Å². The van der Waals surface area contributed by atoms with Crippen LogP contribution in [-0.2, 0) is 16.6 Å². The minimum Gasteiger partial charge on any atom is -0.366 e. The Morgan fingerprint density at radius 3 is 2.57 bits per heavy atom. The zero-order chi connectivity index (χ0) is 15.9. The van der Waals surface area contributed by atoms with Crippen molar-refractivity contribution < 1.29 is 13.2 Å². The first kappa shape index (κ1) is 17.6. The van der Waals surface area contributed by atoms with Gasteiger partial charge in [0.1, 0.15) is 0 Å². The Labute approximate surface area is 126 Å². The monoisotopic (exact) mass is 313 g/mol. The summed E-state index contributed by atoms with van der Waals surface area (Å²) in [5, 5.41) is 3.20. The van der Waals surface area contributed by atoms with Gasteiger partial charge in [-0.25, -0.2) is 12.7 Å². The third kappa shape index (κ3) is 5.82. The summed E-state index contributed by atoms with van der Waals surface area (Å²) in [5.74, 6) is -0.443. The van der Waals surface area contributed by atoms with Gasteiger partial charge >= 0.3 is 0 Å². The maximum Gasteiger partial charge on any atom is 0.249 e. The largest absolute Gasteiger partial charge is 0.366 e. The van der Waals surface area contributed by atoms with Crippen LogP contribution < -0.4 is 11.1 Å². The van der Waals surface area contributed by atoms with Gasteiger partial charge in [-0.2, -0.15) is 0 Å². The molecule has 3 N–H and O–H groups in total. The molecule has 0 fully saturated rings. The highest BCUT2D eigenvalue weighted by Crippen LogP contribution is 2.07. The van der Waals surface area contributed by atoms with E-state index in [4.69, 9.17) is 5.73 Å². The van der Waals surface area contributed by atoms with E-state index in [2.05, 4.69) is 5.32 Å². The van der Waals surface area contributed by atoms with Crippen LogP contribution in [0.15, 0.2) is 24.3 Å². The lowest BCUT2D eigenvalue weighted by Gasteiger charge is -2.17. The summed E-state index contributed by atoms with van der Waals surface area (Å²) < 4.78 is 24.3. The van der Waals surface area contributed by atoms with Crippen LogP contribution >= 0.6 is 0 Å². The van der Waals surface area contributed by atoms with Crippen LogP contribution in [0.2, 0.25) is 0 Å². The lowest BCUT2D eigenvalue weighted by molar-refractivity contribution is 0.0999. The number of carbonyl (C=O) groups is 1. The van der Waals surface area contributed by atoms with Crippen LogP contribution in [0.5, 0.6) is 0 Å². The summed E-state index contributed by atoms with van der Waals surface area (Å²) >= 11 is 0. The molecule has 118 valence electrons. The molecular formula is C14H23N3O3S. The van der Waals surface area contributed by atoms with Gasteiger partial charge in [0.25, 0.3) is 0 Å². The molecule has 0 aliphatic carbocycles. The van der Waals surface area contributed by atoms with Crippen LogP contribution in [0.1, 0.15) is 29.3 Å². The molecule has 0 aromatic heterocycles. The SMILES string of the molecule is CCN(CCCNCc1ccccc1C(N)=O)S(C)(=O)=O. The average molecular weight is 313 g/mol. The van der Waals surface area contributed by atoms with Crippen molar-refractivity contribution in [1.82, 2.24) is 9.62 Å². The molecule has 7 heteroatoms. The fraction of sp³-hybridized carbons (Fsp3) is 0.500. The molecule has 0 saturated heterocycles. The lowest BCUT2D eigenvalue weighted by Crippen LogP contribution is -2.32. The van der Waals surface area contributed by atoms with Gasteiger partial charge in [-0.15, -0.1) is 0 Å². The molecule has 0 atom stereocenters. The van der Waals surface area contributed by atoms with Crippen molar-refractivity contribution in [3.63, 3.8) is 0 Å². The molecule has 1 aromatic carbocycles. The van der Waals surface area contributed by atoms with Crippen LogP contribution in [0.4, 0.5) is 0 Å². The smallest absolute Gasteiger partial charge is 0.249 e. The Balaban J connectivity index is 2.40. The van der Waals surface area contributed by atoms with Crippen molar-refractivity contribution in [1.29, 1.82) is 0 Å². The number of hydrogen-bond acceptors (Lipinski definition) is 4. The van der Waals surface area contributed by atoms with Crippen molar-refractivity contribution in [3.8, 4) is 0 Å². The maximum atomic E-state index is 11.4. The van der Waals surface area contributed by atoms with Crippen LogP contribution in [-0.4, -0.2) is 44.5 Å². The van der Waals surface area contributed by atoms with Gasteiger partial charge < -0.3 is 11.1 Å². The van der Waals surface area contributed by atoms with E-state index < -0.39 is 15.9 Å². The summed E-state index contributed by atoms with van der Waals surface area (Å²) in [4.78, 5) is 11.3. The van der Waals surface area contributed by atoms with Gasteiger partial charge in [-0.05, 0) is 24.6 Å². The van der Waals surface area contributed by atoms with E-state index in [0.717, 1.165) is 5.56 Å². The fourth-order valence-corrected chi connectivity index (χ4v) is 3.01. The van der Waals surface area contributed by atoms with E-state index >= 15 is 0 Å². The Morgan fingerprint density at radius 2 is 2.00 bits per heavy atom. The fourth-order valence-electron chi connectivity index (χ4n) is 2.08. The van der Waals surface area contributed by atoms with Crippen molar-refractivity contribution in [3.05, 3.63) is 35.4 Å². The molecule has 0 aliphatic heterocycles. The number of nitrogens with two attached hydrogens (primary N) is 1. The standard InChI is InChI=1S/C14H23N3O3S/c1-3-17(21(2,19)20)10-6-9-16-11-12-7-4-5-8-13(12)14(15)18/h4-5,7-8,16H,3,6,9-11H2,1-2H3,(H2,15,18). The number of primary amides is 1. The molecule has 1 aromatic rings. The Hall–Kier alpha value is -1.44. The van der Waals surface area contributed by atoms with Crippen LogP contribution in [0, 0.1) is 0 Å². The molecule has 0 unspecified atom stereocenters. The molecule has 6 nitrogen and oxygen atoms in total. The van der Waals surface area contributed by atoms with E-state index in [0.29, 0.717) is 38.2 Å². The second kappa shape index (κ2) is 8.11. The van der Waals surface area contributed by atoms with Gasteiger partial charge in [0.2, 0.25) is 15.9 Å². The predicted octanol–water partition coefficient (Wildman–Crippen LogP) is 0.547. The Kier molecular flexibility index (Phi) is 6.80. The number of nitrogens with one attached hydrogen (secondary N) is 1. The normalized spacial score (nSPS) is 11.8. The highest BCUT2D eigenvalue weighted by Gasteiger charge is 2.13. The van der Waals surface area contributed by atoms with Crippen molar-refractivity contribution in [2.45, 2.75) is 19.9 Å². The zero-order valence-electron chi connectivity index (χ0n) is 12.5. The highest BCUT2D eigenvalue weighted by molar-refractivity contribution is 7.88. The van der Waals surface area contributed by atoms with Gasteiger partial charge in [0.05, 0.1) is 6.26 Å². The Bertz CT molecular complexity index is 573. The molecule has 1 amide bonds. The van der Waals surface area contributed by atoms with Crippen molar-refractivity contribution in [2.75, 3.05) is 25.9 Å².